The van der Waals surface area contributed by atoms with Gasteiger partial charge in [0, 0.05) is 0 Å². The van der Waals surface area contributed by atoms with E-state index in [2.05, 4.69) is 9.97 Å². The van der Waals surface area contributed by atoms with Crippen LogP contribution < -0.4 is 0 Å². The number of rotatable bonds is 3. The second-order valence-electron chi connectivity index (χ2n) is 6.16. The number of hydrogen-bond donors (Lipinski definition) is 2. The maximum Gasteiger partial charge on any atom is 0.338 e. The number of phenols is 1. The van der Waals surface area contributed by atoms with Gasteiger partial charge in [-0.1, -0.05) is 24.3 Å². The average Bonchev–Trinajstić information content (AvgIpc) is 3.31. The molecule has 5 aromatic rings. The van der Waals surface area contributed by atoms with E-state index < -0.39 is 5.97 Å². The number of para-hydroxylation sites is 3. The van der Waals surface area contributed by atoms with Crippen LogP contribution in [0.1, 0.15) is 10.4 Å². The maximum atomic E-state index is 11.4. The van der Waals surface area contributed by atoms with Crippen molar-refractivity contribution in [2.45, 2.75) is 0 Å². The Hall–Kier alpha value is -4.13. The third-order valence-electron chi connectivity index (χ3n) is 4.43. The third kappa shape index (κ3) is 2.41. The molecule has 3 aromatic carbocycles. The van der Waals surface area contributed by atoms with E-state index >= 15 is 0 Å². The van der Waals surface area contributed by atoms with E-state index in [9.17, 15) is 15.0 Å². The summed E-state index contributed by atoms with van der Waals surface area (Å²) in [6.45, 7) is 0. The molecule has 28 heavy (non-hydrogen) atoms. The molecule has 0 bridgehead atoms. The molecule has 0 saturated heterocycles. The highest BCUT2D eigenvalue weighted by atomic mass is 16.4. The molecule has 0 unspecified atom stereocenters. The van der Waals surface area contributed by atoms with E-state index in [0.717, 1.165) is 0 Å². The number of carboxylic acid groups (broad SMARTS) is 1. The van der Waals surface area contributed by atoms with E-state index in [0.29, 0.717) is 27.8 Å². The van der Waals surface area contributed by atoms with Gasteiger partial charge in [0.1, 0.15) is 16.8 Å². The first-order valence-electron chi connectivity index (χ1n) is 8.43. The third-order valence-corrected chi connectivity index (χ3v) is 4.43. The molecule has 0 radical (unpaired) electrons. The zero-order chi connectivity index (χ0) is 19.3. The van der Waals surface area contributed by atoms with Crippen molar-refractivity contribution < 1.29 is 23.8 Å². The summed E-state index contributed by atoms with van der Waals surface area (Å²) in [7, 11) is 0. The van der Waals surface area contributed by atoms with Crippen LogP contribution in [0.15, 0.2) is 69.5 Å². The molecule has 5 rings (SSSR count). The van der Waals surface area contributed by atoms with Crippen molar-refractivity contribution in [3.05, 3.63) is 66.2 Å². The van der Waals surface area contributed by atoms with E-state index in [-0.39, 0.29) is 28.6 Å². The van der Waals surface area contributed by atoms with Crippen LogP contribution in [-0.2, 0) is 0 Å². The number of oxazole rings is 2. The fraction of sp³-hybridized carbons (Fsp3) is 0. The van der Waals surface area contributed by atoms with E-state index in [4.69, 9.17) is 8.83 Å². The second kappa shape index (κ2) is 5.95. The topological polar surface area (TPSA) is 110 Å². The Morgan fingerprint density at radius 3 is 2.11 bits per heavy atom. The molecule has 0 aliphatic carbocycles. The molecule has 0 aliphatic rings. The first-order valence-corrected chi connectivity index (χ1v) is 8.43. The van der Waals surface area contributed by atoms with Crippen LogP contribution >= 0.6 is 0 Å². The minimum atomic E-state index is -1.08. The highest BCUT2D eigenvalue weighted by molar-refractivity contribution is 6.01. The van der Waals surface area contributed by atoms with Gasteiger partial charge in [-0.05, 0) is 36.4 Å². The van der Waals surface area contributed by atoms with E-state index in [1.807, 2.05) is 0 Å². The molecule has 2 aromatic heterocycles. The molecule has 0 amide bonds. The molecular weight excluding hydrogens is 360 g/mol. The minimum absolute atomic E-state index is 0.0589. The van der Waals surface area contributed by atoms with Crippen molar-refractivity contribution in [1.29, 1.82) is 0 Å². The quantitative estimate of drug-likeness (QED) is 0.472. The van der Waals surface area contributed by atoms with Gasteiger partial charge in [0.05, 0.1) is 16.7 Å². The molecule has 2 N–H and O–H groups in total. The molecule has 136 valence electrons. The molecule has 0 saturated carbocycles. The number of aromatic hydroxyl groups is 1. The molecule has 0 aliphatic heterocycles. The predicted molar refractivity (Wildman–Crippen MR) is 101 cm³/mol. The zero-order valence-corrected chi connectivity index (χ0v) is 14.3. The summed E-state index contributed by atoms with van der Waals surface area (Å²) in [5.41, 5.74) is 2.74. The number of fused-ring (bicyclic) bond motifs is 2. The van der Waals surface area contributed by atoms with Crippen molar-refractivity contribution in [3.8, 4) is 28.7 Å². The summed E-state index contributed by atoms with van der Waals surface area (Å²) < 4.78 is 11.6. The second-order valence-corrected chi connectivity index (χ2v) is 6.16. The largest absolute Gasteiger partial charge is 0.507 e. The van der Waals surface area contributed by atoms with Crippen LogP contribution in [0.5, 0.6) is 5.75 Å². The Balaban J connectivity index is 1.72. The van der Waals surface area contributed by atoms with Crippen LogP contribution in [0, 0.1) is 0 Å². The molecular formula is C21H12N2O5. The van der Waals surface area contributed by atoms with Gasteiger partial charge in [-0.25, -0.2) is 14.8 Å². The lowest BCUT2D eigenvalue weighted by molar-refractivity contribution is 0.0699. The number of nitrogens with zero attached hydrogens (tertiary/aromatic N) is 2. The van der Waals surface area contributed by atoms with Crippen molar-refractivity contribution in [2.75, 3.05) is 0 Å². The first kappa shape index (κ1) is 16.1. The number of benzene rings is 3. The number of phenolic OH excluding ortho intramolecular Hbond substituents is 1. The lowest BCUT2D eigenvalue weighted by Gasteiger charge is -1.97. The van der Waals surface area contributed by atoms with E-state index in [1.165, 1.54) is 6.07 Å². The lowest BCUT2D eigenvalue weighted by Crippen LogP contribution is -1.96. The normalized spacial score (nSPS) is 11.3. The Labute approximate surface area is 157 Å². The van der Waals surface area contributed by atoms with Gasteiger partial charge in [0.2, 0.25) is 11.8 Å². The van der Waals surface area contributed by atoms with Crippen LogP contribution in [-0.4, -0.2) is 26.2 Å². The van der Waals surface area contributed by atoms with Gasteiger partial charge in [-0.2, -0.15) is 0 Å². The van der Waals surface area contributed by atoms with E-state index in [1.54, 1.807) is 54.6 Å². The van der Waals surface area contributed by atoms with Gasteiger partial charge in [-0.3, -0.25) is 0 Å². The van der Waals surface area contributed by atoms with Gasteiger partial charge in [-0.15, -0.1) is 0 Å². The summed E-state index contributed by atoms with van der Waals surface area (Å²) in [5, 5.41) is 19.4. The van der Waals surface area contributed by atoms with Gasteiger partial charge >= 0.3 is 5.97 Å². The summed E-state index contributed by atoms with van der Waals surface area (Å²) in [6.07, 6.45) is 0. The van der Waals surface area contributed by atoms with Crippen LogP contribution in [0.2, 0.25) is 0 Å². The Kier molecular flexibility index (Phi) is 3.42. The van der Waals surface area contributed by atoms with Gasteiger partial charge in [0.25, 0.3) is 0 Å². The van der Waals surface area contributed by atoms with Crippen LogP contribution in [0.25, 0.3) is 45.1 Å². The Morgan fingerprint density at radius 2 is 1.36 bits per heavy atom. The van der Waals surface area contributed by atoms with Crippen molar-refractivity contribution in [2.24, 2.45) is 0 Å². The molecule has 7 heteroatoms. The van der Waals surface area contributed by atoms with Crippen molar-refractivity contribution in [1.82, 2.24) is 9.97 Å². The number of aromatic carboxylic acids is 1. The number of aromatic nitrogens is 2. The zero-order valence-electron chi connectivity index (χ0n) is 14.3. The minimum Gasteiger partial charge on any atom is -0.507 e. The predicted octanol–water partition coefficient (Wildman–Crippen LogP) is 4.71. The Morgan fingerprint density at radius 1 is 0.750 bits per heavy atom. The number of carbonyl (C=O) groups is 1. The van der Waals surface area contributed by atoms with Crippen LogP contribution in [0.3, 0.4) is 0 Å². The number of carboxylic acids is 1. The van der Waals surface area contributed by atoms with Gasteiger partial charge < -0.3 is 19.0 Å². The highest BCUT2D eigenvalue weighted by Crippen LogP contribution is 2.35. The van der Waals surface area contributed by atoms with Crippen molar-refractivity contribution >= 4 is 28.2 Å². The van der Waals surface area contributed by atoms with Crippen LogP contribution in [0.4, 0.5) is 0 Å². The monoisotopic (exact) mass is 372 g/mol. The summed E-state index contributed by atoms with van der Waals surface area (Å²) >= 11 is 0. The fourth-order valence-corrected chi connectivity index (χ4v) is 3.13. The Bertz CT molecular complexity index is 1370. The van der Waals surface area contributed by atoms with Crippen molar-refractivity contribution in [3.63, 3.8) is 0 Å². The molecule has 0 atom stereocenters. The van der Waals surface area contributed by atoms with Gasteiger partial charge in [0.15, 0.2) is 11.2 Å². The average molecular weight is 372 g/mol. The maximum absolute atomic E-state index is 11.4. The molecule has 0 spiro atoms. The fourth-order valence-electron chi connectivity index (χ4n) is 3.13. The molecule has 2 heterocycles. The molecule has 7 nitrogen and oxygen atoms in total. The highest BCUT2D eigenvalue weighted by Gasteiger charge is 2.20. The SMILES string of the molecule is O=C(O)c1cccc2oc(-c3cccc4oc(-c5ccccc5O)nc34)nc12. The lowest BCUT2D eigenvalue weighted by atomic mass is 10.2. The summed E-state index contributed by atoms with van der Waals surface area (Å²) in [4.78, 5) is 20.3. The summed E-state index contributed by atoms with van der Waals surface area (Å²) in [5.74, 6) is -0.509. The summed E-state index contributed by atoms with van der Waals surface area (Å²) in [6, 6.07) is 16.8. The smallest absolute Gasteiger partial charge is 0.338 e. The molecule has 0 fully saturated rings. The number of hydrogen-bond acceptors (Lipinski definition) is 6. The first-order chi connectivity index (χ1) is 13.6. The standard InChI is InChI=1S/C21H12N2O5/c24-14-8-2-1-5-11(14)19-22-17-12(6-3-9-15(17)27-19)20-23-18-13(21(25)26)7-4-10-16(18)28-20/h1-10,24H,(H,25,26).